The first kappa shape index (κ1) is 14.8. The first-order valence-electron chi connectivity index (χ1n) is 6.58. The first-order chi connectivity index (χ1) is 10.1. The average Bonchev–Trinajstić information content (AvgIpc) is 2.93. The van der Waals surface area contributed by atoms with Gasteiger partial charge in [0.2, 0.25) is 0 Å². The van der Waals surface area contributed by atoms with Gasteiger partial charge in [-0.3, -0.25) is 4.79 Å². The van der Waals surface area contributed by atoms with Gasteiger partial charge in [0.1, 0.15) is 11.8 Å². The van der Waals surface area contributed by atoms with Gasteiger partial charge in [-0.15, -0.1) is 0 Å². The Morgan fingerprint density at radius 3 is 2.52 bits per heavy atom. The van der Waals surface area contributed by atoms with E-state index in [1.807, 2.05) is 30.3 Å². The van der Waals surface area contributed by atoms with E-state index in [4.69, 9.17) is 9.15 Å². The second-order valence-corrected chi connectivity index (χ2v) is 4.63. The number of carbonyl (C=O) groups is 2. The molecule has 2 rings (SSSR count). The summed E-state index contributed by atoms with van der Waals surface area (Å²) in [6.45, 7) is 1.69. The van der Waals surface area contributed by atoms with E-state index in [-0.39, 0.29) is 5.91 Å². The molecule has 21 heavy (non-hydrogen) atoms. The van der Waals surface area contributed by atoms with Crippen molar-refractivity contribution in [2.24, 2.45) is 0 Å². The standard InChI is InChI=1S/C16H17NO4/c1-11-13(8-9-21-11)15(18)17-14(16(19)20-2)10-12-6-4-3-5-7-12/h3-9,14H,10H2,1-2H3,(H,17,18)/t14-/m1/s1. The third kappa shape index (κ3) is 3.72. The minimum atomic E-state index is -0.737. The van der Waals surface area contributed by atoms with Gasteiger partial charge in [-0.05, 0) is 18.6 Å². The molecule has 0 aliphatic rings. The monoisotopic (exact) mass is 287 g/mol. The van der Waals surface area contributed by atoms with E-state index < -0.39 is 12.0 Å². The summed E-state index contributed by atoms with van der Waals surface area (Å²) < 4.78 is 9.85. The molecule has 0 fully saturated rings. The summed E-state index contributed by atoms with van der Waals surface area (Å²) in [4.78, 5) is 24.0. The van der Waals surface area contributed by atoms with Gasteiger partial charge in [-0.2, -0.15) is 0 Å². The fourth-order valence-electron chi connectivity index (χ4n) is 2.04. The van der Waals surface area contributed by atoms with Gasteiger partial charge in [0.15, 0.2) is 0 Å². The summed E-state index contributed by atoms with van der Waals surface area (Å²) >= 11 is 0. The van der Waals surface area contributed by atoms with Gasteiger partial charge in [0.25, 0.3) is 5.91 Å². The number of benzene rings is 1. The Balaban J connectivity index is 2.12. The summed E-state index contributed by atoms with van der Waals surface area (Å²) in [6.07, 6.45) is 1.81. The number of amides is 1. The quantitative estimate of drug-likeness (QED) is 0.855. The van der Waals surface area contributed by atoms with Crippen LogP contribution in [-0.2, 0) is 16.0 Å². The maximum Gasteiger partial charge on any atom is 0.328 e. The molecule has 0 saturated carbocycles. The molecule has 0 saturated heterocycles. The molecule has 0 unspecified atom stereocenters. The number of rotatable bonds is 5. The Morgan fingerprint density at radius 2 is 1.95 bits per heavy atom. The highest BCUT2D eigenvalue weighted by Gasteiger charge is 2.23. The Hall–Kier alpha value is -2.56. The molecule has 0 spiro atoms. The summed E-state index contributed by atoms with van der Waals surface area (Å²) in [6, 6.07) is 10.3. The van der Waals surface area contributed by atoms with Crippen LogP contribution in [0.2, 0.25) is 0 Å². The van der Waals surface area contributed by atoms with Crippen molar-refractivity contribution < 1.29 is 18.7 Å². The maximum atomic E-state index is 12.2. The third-order valence-corrected chi connectivity index (χ3v) is 3.18. The summed E-state index contributed by atoms with van der Waals surface area (Å²) in [7, 11) is 1.30. The molecular weight excluding hydrogens is 270 g/mol. The van der Waals surface area contributed by atoms with E-state index in [9.17, 15) is 9.59 Å². The summed E-state index contributed by atoms with van der Waals surface area (Å²) in [5.74, 6) is -0.322. The molecule has 1 atom stereocenters. The minimum Gasteiger partial charge on any atom is -0.469 e. The topological polar surface area (TPSA) is 68.5 Å². The molecule has 2 aromatic rings. The van der Waals surface area contributed by atoms with Crippen molar-refractivity contribution in [1.29, 1.82) is 0 Å². The Labute approximate surface area is 122 Å². The Kier molecular flexibility index (Phi) is 4.77. The largest absolute Gasteiger partial charge is 0.469 e. The smallest absolute Gasteiger partial charge is 0.328 e. The van der Waals surface area contributed by atoms with Crippen LogP contribution < -0.4 is 5.32 Å². The summed E-state index contributed by atoms with van der Waals surface area (Å²) in [5, 5.41) is 2.69. The lowest BCUT2D eigenvalue weighted by molar-refractivity contribution is -0.142. The maximum absolute atomic E-state index is 12.2. The van der Waals surface area contributed by atoms with Gasteiger partial charge in [0.05, 0.1) is 18.9 Å². The number of aryl methyl sites for hydroxylation is 1. The normalized spacial score (nSPS) is 11.7. The lowest BCUT2D eigenvalue weighted by atomic mass is 10.1. The fourth-order valence-corrected chi connectivity index (χ4v) is 2.04. The van der Waals surface area contributed by atoms with Crippen LogP contribution in [0.4, 0.5) is 0 Å². The lowest BCUT2D eigenvalue weighted by Crippen LogP contribution is -2.43. The van der Waals surface area contributed by atoms with Gasteiger partial charge >= 0.3 is 5.97 Å². The van der Waals surface area contributed by atoms with Crippen LogP contribution >= 0.6 is 0 Å². The molecule has 1 amide bonds. The molecule has 0 aliphatic heterocycles. The number of esters is 1. The van der Waals surface area contributed by atoms with Crippen LogP contribution in [0.5, 0.6) is 0 Å². The van der Waals surface area contributed by atoms with E-state index >= 15 is 0 Å². The van der Waals surface area contributed by atoms with Crippen LogP contribution in [-0.4, -0.2) is 25.0 Å². The highest BCUT2D eigenvalue weighted by atomic mass is 16.5. The van der Waals surface area contributed by atoms with Crippen LogP contribution in [0.3, 0.4) is 0 Å². The number of ether oxygens (including phenoxy) is 1. The van der Waals surface area contributed by atoms with Crippen LogP contribution in [0.15, 0.2) is 47.1 Å². The van der Waals surface area contributed by atoms with Crippen molar-refractivity contribution in [3.63, 3.8) is 0 Å². The van der Waals surface area contributed by atoms with Gasteiger partial charge < -0.3 is 14.5 Å². The van der Waals surface area contributed by atoms with Crippen molar-refractivity contribution in [3.8, 4) is 0 Å². The van der Waals surface area contributed by atoms with Crippen molar-refractivity contribution in [2.45, 2.75) is 19.4 Å². The number of nitrogens with one attached hydrogen (secondary N) is 1. The van der Waals surface area contributed by atoms with Gasteiger partial charge in [-0.25, -0.2) is 4.79 Å². The minimum absolute atomic E-state index is 0.354. The molecular formula is C16H17NO4. The second-order valence-electron chi connectivity index (χ2n) is 4.63. The number of carbonyl (C=O) groups excluding carboxylic acids is 2. The van der Waals surface area contributed by atoms with Gasteiger partial charge in [-0.1, -0.05) is 30.3 Å². The zero-order chi connectivity index (χ0) is 15.2. The molecule has 1 N–H and O–H groups in total. The SMILES string of the molecule is COC(=O)[C@@H](Cc1ccccc1)NC(=O)c1ccoc1C. The molecule has 0 aliphatic carbocycles. The highest BCUT2D eigenvalue weighted by Crippen LogP contribution is 2.10. The Bertz CT molecular complexity index is 618. The molecule has 5 heteroatoms. The zero-order valence-corrected chi connectivity index (χ0v) is 12.0. The number of furan rings is 1. The lowest BCUT2D eigenvalue weighted by Gasteiger charge is -2.16. The van der Waals surface area contributed by atoms with Crippen LogP contribution in [0.1, 0.15) is 21.7 Å². The van der Waals surface area contributed by atoms with E-state index in [1.165, 1.54) is 13.4 Å². The van der Waals surface area contributed by atoms with Crippen molar-refractivity contribution >= 4 is 11.9 Å². The molecule has 5 nitrogen and oxygen atoms in total. The molecule has 110 valence electrons. The molecule has 1 aromatic carbocycles. The van der Waals surface area contributed by atoms with Crippen LogP contribution in [0.25, 0.3) is 0 Å². The molecule has 0 bridgehead atoms. The third-order valence-electron chi connectivity index (χ3n) is 3.18. The predicted octanol–water partition coefficient (Wildman–Crippen LogP) is 2.10. The average molecular weight is 287 g/mol. The summed E-state index contributed by atoms with van der Waals surface area (Å²) in [5.41, 5.74) is 1.36. The van der Waals surface area contributed by atoms with Crippen molar-refractivity contribution in [2.75, 3.05) is 7.11 Å². The van der Waals surface area contributed by atoms with Gasteiger partial charge in [0, 0.05) is 6.42 Å². The van der Waals surface area contributed by atoms with Crippen molar-refractivity contribution in [3.05, 3.63) is 59.5 Å². The van der Waals surface area contributed by atoms with E-state index in [2.05, 4.69) is 5.32 Å². The number of methoxy groups -OCH3 is 1. The van der Waals surface area contributed by atoms with Crippen LogP contribution in [0, 0.1) is 6.92 Å². The number of hydrogen-bond acceptors (Lipinski definition) is 4. The molecule has 1 aromatic heterocycles. The van der Waals surface area contributed by atoms with E-state index in [0.717, 1.165) is 5.56 Å². The highest BCUT2D eigenvalue weighted by molar-refractivity contribution is 5.97. The van der Waals surface area contributed by atoms with E-state index in [1.54, 1.807) is 13.0 Å². The first-order valence-corrected chi connectivity index (χ1v) is 6.58. The van der Waals surface area contributed by atoms with E-state index in [0.29, 0.717) is 17.7 Å². The second kappa shape index (κ2) is 6.74. The van der Waals surface area contributed by atoms with Crippen molar-refractivity contribution in [1.82, 2.24) is 5.32 Å². The fraction of sp³-hybridized carbons (Fsp3) is 0.250. The zero-order valence-electron chi connectivity index (χ0n) is 12.0. The Morgan fingerprint density at radius 1 is 1.24 bits per heavy atom. The predicted molar refractivity (Wildman–Crippen MR) is 76.9 cm³/mol. The molecule has 1 heterocycles. The molecule has 0 radical (unpaired) electrons. The number of hydrogen-bond donors (Lipinski definition) is 1.